The summed E-state index contributed by atoms with van der Waals surface area (Å²) in [6.07, 6.45) is 5.08. The predicted octanol–water partition coefficient (Wildman–Crippen LogP) is 2.26. The van der Waals surface area contributed by atoms with E-state index in [-0.39, 0.29) is 5.75 Å². The van der Waals surface area contributed by atoms with E-state index in [0.29, 0.717) is 17.2 Å². The van der Waals surface area contributed by atoms with E-state index in [9.17, 15) is 5.11 Å². The van der Waals surface area contributed by atoms with E-state index in [0.717, 1.165) is 16.8 Å². The molecule has 0 spiro atoms. The summed E-state index contributed by atoms with van der Waals surface area (Å²) in [7, 11) is 0. The van der Waals surface area contributed by atoms with Gasteiger partial charge >= 0.3 is 0 Å². The minimum atomic E-state index is 0.209. The Labute approximate surface area is 130 Å². The summed E-state index contributed by atoms with van der Waals surface area (Å²) in [5, 5.41) is 25.2. The first-order chi connectivity index (χ1) is 11.3. The Morgan fingerprint density at radius 2 is 1.78 bits per heavy atom. The van der Waals surface area contributed by atoms with Crippen LogP contribution in [0.5, 0.6) is 5.75 Å². The van der Waals surface area contributed by atoms with Gasteiger partial charge in [0.1, 0.15) is 11.4 Å². The van der Waals surface area contributed by atoms with Gasteiger partial charge in [0.05, 0.1) is 11.1 Å². The first-order valence-corrected chi connectivity index (χ1v) is 6.85. The molecule has 0 saturated heterocycles. The third-order valence-electron chi connectivity index (χ3n) is 3.31. The van der Waals surface area contributed by atoms with E-state index in [1.54, 1.807) is 48.9 Å². The lowest BCUT2D eigenvalue weighted by Gasteiger charge is -2.06. The topological polar surface area (TPSA) is 112 Å². The van der Waals surface area contributed by atoms with E-state index >= 15 is 0 Å². The predicted molar refractivity (Wildman–Crippen MR) is 84.1 cm³/mol. The zero-order chi connectivity index (χ0) is 15.6. The zero-order valence-corrected chi connectivity index (χ0v) is 11.8. The van der Waals surface area contributed by atoms with Gasteiger partial charge < -0.3 is 15.4 Å². The summed E-state index contributed by atoms with van der Waals surface area (Å²) in [5.74, 6) is 0.682. The number of anilines is 2. The van der Waals surface area contributed by atoms with Gasteiger partial charge in [0.15, 0.2) is 11.5 Å². The molecule has 0 saturated carbocycles. The van der Waals surface area contributed by atoms with E-state index in [1.165, 1.54) is 0 Å². The van der Waals surface area contributed by atoms with Crippen LogP contribution < -0.4 is 5.32 Å². The molecule has 0 aliphatic heterocycles. The molecule has 0 aliphatic rings. The molecule has 0 radical (unpaired) electrons. The summed E-state index contributed by atoms with van der Waals surface area (Å²) in [6.45, 7) is 0. The molecule has 112 valence electrons. The summed E-state index contributed by atoms with van der Waals surface area (Å²) in [4.78, 5) is 11.5. The lowest BCUT2D eigenvalue weighted by molar-refractivity contribution is 0.475. The number of H-pyrrole nitrogens is 1. The quantitative estimate of drug-likeness (QED) is 0.497. The molecule has 0 unspecified atom stereocenters. The normalized spacial score (nSPS) is 10.8. The van der Waals surface area contributed by atoms with Crippen molar-refractivity contribution in [3.63, 3.8) is 0 Å². The molecule has 0 bridgehead atoms. The highest BCUT2D eigenvalue weighted by Crippen LogP contribution is 2.31. The molecule has 8 nitrogen and oxygen atoms in total. The fourth-order valence-corrected chi connectivity index (χ4v) is 2.27. The Hall–Kier alpha value is -3.55. The number of benzene rings is 1. The van der Waals surface area contributed by atoms with Crippen LogP contribution in [0.15, 0.2) is 48.9 Å². The largest absolute Gasteiger partial charge is 0.508 e. The number of rotatable bonds is 3. The summed E-state index contributed by atoms with van der Waals surface area (Å²) in [6, 6.07) is 8.50. The van der Waals surface area contributed by atoms with Crippen molar-refractivity contribution in [3.8, 4) is 17.3 Å². The number of hydrogen-bond acceptors (Lipinski definition) is 7. The van der Waals surface area contributed by atoms with Crippen LogP contribution in [0.3, 0.4) is 0 Å². The number of hydrogen-bond donors (Lipinski definition) is 3. The maximum atomic E-state index is 9.37. The first kappa shape index (κ1) is 13.1. The van der Waals surface area contributed by atoms with Gasteiger partial charge in [0.25, 0.3) is 0 Å². The third kappa shape index (κ3) is 2.42. The smallest absolute Gasteiger partial charge is 0.180 e. The monoisotopic (exact) mass is 305 g/mol. The van der Waals surface area contributed by atoms with Crippen LogP contribution in [-0.4, -0.2) is 35.5 Å². The molecule has 3 heterocycles. The Bertz CT molecular complexity index is 951. The van der Waals surface area contributed by atoms with Gasteiger partial charge in [0.2, 0.25) is 0 Å². The highest BCUT2D eigenvalue weighted by molar-refractivity contribution is 6.00. The van der Waals surface area contributed by atoms with Crippen molar-refractivity contribution >= 4 is 22.4 Å². The van der Waals surface area contributed by atoms with E-state index < -0.39 is 0 Å². The minimum Gasteiger partial charge on any atom is -0.508 e. The Morgan fingerprint density at radius 1 is 1.00 bits per heavy atom. The molecule has 4 aromatic rings. The number of fused-ring (bicyclic) bond motifs is 1. The first-order valence-electron chi connectivity index (χ1n) is 6.85. The number of nitrogens with zero attached hydrogens (tertiary/aromatic N) is 5. The van der Waals surface area contributed by atoms with Crippen molar-refractivity contribution in [1.29, 1.82) is 0 Å². The maximum absolute atomic E-state index is 9.37. The van der Waals surface area contributed by atoms with Gasteiger partial charge in [-0.25, -0.2) is 9.97 Å². The molecule has 0 fully saturated rings. The molecule has 0 amide bonds. The molecule has 3 aromatic heterocycles. The van der Waals surface area contributed by atoms with Gasteiger partial charge in [-0.2, -0.15) is 0 Å². The zero-order valence-electron chi connectivity index (χ0n) is 11.8. The van der Waals surface area contributed by atoms with E-state index in [4.69, 9.17) is 0 Å². The van der Waals surface area contributed by atoms with Crippen LogP contribution in [0.4, 0.5) is 11.4 Å². The van der Waals surface area contributed by atoms with Crippen molar-refractivity contribution in [1.82, 2.24) is 30.4 Å². The van der Waals surface area contributed by atoms with Gasteiger partial charge in [-0.05, 0) is 35.5 Å². The Balaban J connectivity index is 1.83. The summed E-state index contributed by atoms with van der Waals surface area (Å²) >= 11 is 0. The highest BCUT2D eigenvalue weighted by Gasteiger charge is 2.15. The Kier molecular flexibility index (Phi) is 3.05. The van der Waals surface area contributed by atoms with Crippen LogP contribution in [0.2, 0.25) is 0 Å². The lowest BCUT2D eigenvalue weighted by Crippen LogP contribution is -1.97. The molecule has 23 heavy (non-hydrogen) atoms. The average molecular weight is 305 g/mol. The molecular weight excluding hydrogens is 294 g/mol. The summed E-state index contributed by atoms with van der Waals surface area (Å²) < 4.78 is 0. The van der Waals surface area contributed by atoms with Crippen LogP contribution >= 0.6 is 0 Å². The van der Waals surface area contributed by atoms with Crippen molar-refractivity contribution in [2.45, 2.75) is 0 Å². The molecular formula is C15H11N7O. The number of aromatic nitrogens is 6. The summed E-state index contributed by atoms with van der Waals surface area (Å²) in [5.41, 5.74) is 2.72. The number of aromatic hydroxyl groups is 1. The average Bonchev–Trinajstić information content (AvgIpc) is 3.01. The third-order valence-corrected chi connectivity index (χ3v) is 3.31. The highest BCUT2D eigenvalue weighted by atomic mass is 16.3. The van der Waals surface area contributed by atoms with Gasteiger partial charge in [-0.15, -0.1) is 10.2 Å². The SMILES string of the molecule is Oc1ccc(Nc2c[nH]c3nnnc(-c4ncccn4)c23)cc1. The van der Waals surface area contributed by atoms with Crippen molar-refractivity contribution in [2.75, 3.05) is 5.32 Å². The maximum Gasteiger partial charge on any atom is 0.180 e. The second-order valence-corrected chi connectivity index (χ2v) is 4.81. The van der Waals surface area contributed by atoms with Crippen molar-refractivity contribution in [3.05, 3.63) is 48.9 Å². The van der Waals surface area contributed by atoms with Crippen LogP contribution in [0.1, 0.15) is 0 Å². The van der Waals surface area contributed by atoms with Gasteiger partial charge in [-0.3, -0.25) is 0 Å². The van der Waals surface area contributed by atoms with Gasteiger partial charge in [0, 0.05) is 24.3 Å². The van der Waals surface area contributed by atoms with Gasteiger partial charge in [-0.1, -0.05) is 0 Å². The second kappa shape index (κ2) is 5.34. The molecule has 4 rings (SSSR count). The number of phenolic OH excluding ortho intramolecular Hbond substituents is 1. The molecule has 1 aromatic carbocycles. The second-order valence-electron chi connectivity index (χ2n) is 4.81. The number of aromatic amines is 1. The van der Waals surface area contributed by atoms with Crippen LogP contribution in [0.25, 0.3) is 22.6 Å². The number of nitrogens with one attached hydrogen (secondary N) is 2. The number of phenols is 1. The molecule has 3 N–H and O–H groups in total. The fourth-order valence-electron chi connectivity index (χ4n) is 2.27. The minimum absolute atomic E-state index is 0.209. The van der Waals surface area contributed by atoms with Crippen molar-refractivity contribution < 1.29 is 5.11 Å². The lowest BCUT2D eigenvalue weighted by atomic mass is 10.2. The van der Waals surface area contributed by atoms with E-state index in [2.05, 4.69) is 35.7 Å². The van der Waals surface area contributed by atoms with Crippen molar-refractivity contribution in [2.24, 2.45) is 0 Å². The molecule has 0 aliphatic carbocycles. The van der Waals surface area contributed by atoms with E-state index in [1.807, 2.05) is 0 Å². The standard InChI is InChI=1S/C15H11N7O/c23-10-4-2-9(3-5-10)19-11-8-18-14-12(11)13(20-22-21-14)15-16-6-1-7-17-15/h1-8,19,23H,(H,18,20,21). The van der Waals surface area contributed by atoms with Crippen LogP contribution in [0, 0.1) is 0 Å². The molecule has 8 heteroatoms. The molecule has 0 atom stereocenters. The van der Waals surface area contributed by atoms with Crippen LogP contribution in [-0.2, 0) is 0 Å². The fraction of sp³-hybridized carbons (Fsp3) is 0. The Morgan fingerprint density at radius 3 is 2.57 bits per heavy atom.